The first-order valence-electron chi connectivity index (χ1n) is 7.92. The molecule has 3 rings (SSSR count). The SMILES string of the molecule is Cc1ccc(C)c(C(=O)OCC(=O)NCc2ccc3c(c2)OCO3)c1. The van der Waals surface area contributed by atoms with E-state index in [1.807, 2.05) is 38.1 Å². The van der Waals surface area contributed by atoms with Crippen molar-refractivity contribution >= 4 is 11.9 Å². The average Bonchev–Trinajstić information content (AvgIpc) is 3.07. The van der Waals surface area contributed by atoms with Crippen molar-refractivity contribution in [3.05, 3.63) is 58.7 Å². The number of ether oxygens (including phenoxy) is 3. The van der Waals surface area contributed by atoms with Crippen LogP contribution in [0.25, 0.3) is 0 Å². The Morgan fingerprint density at radius 3 is 2.72 bits per heavy atom. The van der Waals surface area contributed by atoms with Crippen LogP contribution in [0.15, 0.2) is 36.4 Å². The molecule has 0 radical (unpaired) electrons. The maximum atomic E-state index is 12.1. The lowest BCUT2D eigenvalue weighted by Gasteiger charge is -2.09. The third-order valence-electron chi connectivity index (χ3n) is 3.87. The quantitative estimate of drug-likeness (QED) is 0.846. The van der Waals surface area contributed by atoms with Gasteiger partial charge in [0, 0.05) is 6.54 Å². The van der Waals surface area contributed by atoms with E-state index >= 15 is 0 Å². The smallest absolute Gasteiger partial charge is 0.338 e. The zero-order chi connectivity index (χ0) is 17.8. The number of amides is 1. The zero-order valence-corrected chi connectivity index (χ0v) is 14.1. The molecule has 0 saturated heterocycles. The van der Waals surface area contributed by atoms with Crippen molar-refractivity contribution in [2.24, 2.45) is 0 Å². The van der Waals surface area contributed by atoms with Crippen LogP contribution in [-0.4, -0.2) is 25.3 Å². The molecular weight excluding hydrogens is 322 g/mol. The first kappa shape index (κ1) is 16.8. The number of hydrogen-bond donors (Lipinski definition) is 1. The van der Waals surface area contributed by atoms with Crippen LogP contribution in [0.1, 0.15) is 27.0 Å². The predicted octanol–water partition coefficient (Wildman–Crippen LogP) is 2.51. The van der Waals surface area contributed by atoms with Gasteiger partial charge in [-0.05, 0) is 43.2 Å². The minimum absolute atomic E-state index is 0.208. The molecule has 0 aromatic heterocycles. The molecule has 1 N–H and O–H groups in total. The van der Waals surface area contributed by atoms with E-state index < -0.39 is 5.97 Å². The van der Waals surface area contributed by atoms with Crippen LogP contribution >= 0.6 is 0 Å². The Hall–Kier alpha value is -3.02. The van der Waals surface area contributed by atoms with Gasteiger partial charge in [-0.1, -0.05) is 23.8 Å². The van der Waals surface area contributed by atoms with E-state index in [4.69, 9.17) is 14.2 Å². The number of hydrogen-bond acceptors (Lipinski definition) is 5. The van der Waals surface area contributed by atoms with Crippen molar-refractivity contribution < 1.29 is 23.8 Å². The van der Waals surface area contributed by atoms with Crippen LogP contribution in [0, 0.1) is 13.8 Å². The van der Waals surface area contributed by atoms with Crippen molar-refractivity contribution in [2.75, 3.05) is 13.4 Å². The van der Waals surface area contributed by atoms with Gasteiger partial charge < -0.3 is 19.5 Å². The Morgan fingerprint density at radius 2 is 1.88 bits per heavy atom. The molecule has 0 aliphatic carbocycles. The molecule has 0 bridgehead atoms. The van der Waals surface area contributed by atoms with E-state index in [2.05, 4.69) is 5.32 Å². The van der Waals surface area contributed by atoms with Gasteiger partial charge in [0.05, 0.1) is 5.56 Å². The summed E-state index contributed by atoms with van der Waals surface area (Å²) in [5.41, 5.74) is 3.13. The Bertz CT molecular complexity index is 815. The summed E-state index contributed by atoms with van der Waals surface area (Å²) in [6.45, 7) is 3.93. The molecule has 6 heteroatoms. The molecular formula is C19H19NO5. The van der Waals surface area contributed by atoms with Gasteiger partial charge in [0.15, 0.2) is 18.1 Å². The van der Waals surface area contributed by atoms with Crippen molar-refractivity contribution in [1.29, 1.82) is 0 Å². The molecule has 0 atom stereocenters. The van der Waals surface area contributed by atoms with Gasteiger partial charge in [-0.25, -0.2) is 4.79 Å². The highest BCUT2D eigenvalue weighted by atomic mass is 16.7. The lowest BCUT2D eigenvalue weighted by Crippen LogP contribution is -2.28. The molecule has 0 saturated carbocycles. The number of esters is 1. The van der Waals surface area contributed by atoms with E-state index in [1.165, 1.54) is 0 Å². The van der Waals surface area contributed by atoms with Gasteiger partial charge in [-0.2, -0.15) is 0 Å². The minimum Gasteiger partial charge on any atom is -0.454 e. The molecule has 130 valence electrons. The lowest BCUT2D eigenvalue weighted by molar-refractivity contribution is -0.124. The predicted molar refractivity (Wildman–Crippen MR) is 90.6 cm³/mol. The number of carbonyl (C=O) groups excluding carboxylic acids is 2. The average molecular weight is 341 g/mol. The summed E-state index contributed by atoms with van der Waals surface area (Å²) >= 11 is 0. The Kier molecular flexibility index (Phi) is 4.88. The van der Waals surface area contributed by atoms with Crippen LogP contribution in [0.5, 0.6) is 11.5 Å². The number of carbonyl (C=O) groups is 2. The Morgan fingerprint density at radius 1 is 1.08 bits per heavy atom. The summed E-state index contributed by atoms with van der Waals surface area (Å²) < 4.78 is 15.6. The highest BCUT2D eigenvalue weighted by molar-refractivity contribution is 5.92. The second kappa shape index (κ2) is 7.25. The van der Waals surface area contributed by atoms with Gasteiger partial charge in [0.1, 0.15) is 0 Å². The third kappa shape index (κ3) is 4.09. The van der Waals surface area contributed by atoms with Crippen molar-refractivity contribution in [3.63, 3.8) is 0 Å². The number of benzene rings is 2. The van der Waals surface area contributed by atoms with Crippen LogP contribution in [0.3, 0.4) is 0 Å². The largest absolute Gasteiger partial charge is 0.454 e. The molecule has 0 fully saturated rings. The third-order valence-corrected chi connectivity index (χ3v) is 3.87. The fraction of sp³-hybridized carbons (Fsp3) is 0.263. The van der Waals surface area contributed by atoms with Crippen LogP contribution < -0.4 is 14.8 Å². The summed E-state index contributed by atoms with van der Waals surface area (Å²) in [5.74, 6) is 0.487. The highest BCUT2D eigenvalue weighted by Gasteiger charge is 2.15. The highest BCUT2D eigenvalue weighted by Crippen LogP contribution is 2.32. The summed E-state index contributed by atoms with van der Waals surface area (Å²) in [4.78, 5) is 24.0. The second-order valence-corrected chi connectivity index (χ2v) is 5.86. The monoisotopic (exact) mass is 341 g/mol. The standard InChI is InChI=1S/C19H19NO5/c1-12-3-4-13(2)15(7-12)19(22)23-10-18(21)20-9-14-5-6-16-17(8-14)25-11-24-16/h3-8H,9-11H2,1-2H3,(H,20,21). The van der Waals surface area contributed by atoms with Crippen LogP contribution in [0.4, 0.5) is 0 Å². The summed E-state index contributed by atoms with van der Waals surface area (Å²) in [7, 11) is 0. The summed E-state index contributed by atoms with van der Waals surface area (Å²) in [5, 5.41) is 2.71. The topological polar surface area (TPSA) is 73.9 Å². The number of aryl methyl sites for hydroxylation is 2. The fourth-order valence-electron chi connectivity index (χ4n) is 2.47. The minimum atomic E-state index is -0.501. The number of nitrogens with one attached hydrogen (secondary N) is 1. The molecule has 2 aromatic carbocycles. The molecule has 1 aliphatic rings. The van der Waals surface area contributed by atoms with Gasteiger partial charge in [0.25, 0.3) is 5.91 Å². The van der Waals surface area contributed by atoms with Gasteiger partial charge in [-0.3, -0.25) is 4.79 Å². The maximum absolute atomic E-state index is 12.1. The molecule has 0 unspecified atom stereocenters. The molecule has 2 aromatic rings. The van der Waals surface area contributed by atoms with Gasteiger partial charge in [-0.15, -0.1) is 0 Å². The van der Waals surface area contributed by atoms with Gasteiger partial charge >= 0.3 is 5.97 Å². The molecule has 1 aliphatic heterocycles. The molecule has 25 heavy (non-hydrogen) atoms. The van der Waals surface area contributed by atoms with Crippen LogP contribution in [0.2, 0.25) is 0 Å². The summed E-state index contributed by atoms with van der Waals surface area (Å²) in [6.07, 6.45) is 0. The Labute approximate surface area is 145 Å². The molecule has 1 amide bonds. The number of fused-ring (bicyclic) bond motifs is 1. The first-order chi connectivity index (χ1) is 12.0. The lowest BCUT2D eigenvalue weighted by atomic mass is 10.1. The fourth-order valence-corrected chi connectivity index (χ4v) is 2.47. The molecule has 0 spiro atoms. The van der Waals surface area contributed by atoms with E-state index in [0.29, 0.717) is 23.6 Å². The van der Waals surface area contributed by atoms with Gasteiger partial charge in [0.2, 0.25) is 6.79 Å². The van der Waals surface area contributed by atoms with E-state index in [9.17, 15) is 9.59 Å². The second-order valence-electron chi connectivity index (χ2n) is 5.86. The molecule has 1 heterocycles. The first-order valence-corrected chi connectivity index (χ1v) is 7.92. The normalized spacial score (nSPS) is 11.9. The van der Waals surface area contributed by atoms with Crippen LogP contribution in [-0.2, 0) is 16.1 Å². The Balaban J connectivity index is 1.49. The summed E-state index contributed by atoms with van der Waals surface area (Å²) in [6, 6.07) is 11.0. The zero-order valence-electron chi connectivity index (χ0n) is 14.1. The van der Waals surface area contributed by atoms with Crippen molar-refractivity contribution in [1.82, 2.24) is 5.32 Å². The van der Waals surface area contributed by atoms with Crippen molar-refractivity contribution in [3.8, 4) is 11.5 Å². The molecule has 6 nitrogen and oxygen atoms in total. The van der Waals surface area contributed by atoms with E-state index in [0.717, 1.165) is 16.7 Å². The van der Waals surface area contributed by atoms with E-state index in [-0.39, 0.29) is 19.3 Å². The van der Waals surface area contributed by atoms with Crippen molar-refractivity contribution in [2.45, 2.75) is 20.4 Å². The maximum Gasteiger partial charge on any atom is 0.338 e. The number of rotatable bonds is 5. The van der Waals surface area contributed by atoms with E-state index in [1.54, 1.807) is 12.1 Å².